The normalized spacial score (nSPS) is 12.0. The Morgan fingerprint density at radius 1 is 0.794 bits per heavy atom. The molecule has 4 aromatic carbocycles. The van der Waals surface area contributed by atoms with Crippen LogP contribution in [-0.4, -0.2) is 28.8 Å². The number of esters is 1. The van der Waals surface area contributed by atoms with Crippen LogP contribution in [0.4, 0.5) is 11.4 Å². The number of para-hydroxylation sites is 1. The zero-order valence-corrected chi connectivity index (χ0v) is 18.1. The van der Waals surface area contributed by atoms with E-state index < -0.39 is 11.9 Å². The van der Waals surface area contributed by atoms with Crippen LogP contribution in [0.5, 0.6) is 5.75 Å². The topological polar surface area (TPSA) is 95.9 Å². The number of fused-ring (bicyclic) bond motifs is 3. The molecule has 0 saturated carbocycles. The molecule has 0 fully saturated rings. The number of ether oxygens (including phenoxy) is 1. The number of rotatable bonds is 6. The van der Waals surface area contributed by atoms with E-state index in [1.807, 2.05) is 54.6 Å². The molecular formula is C28H21NO5. The summed E-state index contributed by atoms with van der Waals surface area (Å²) in [5, 5.41) is 23.2. The molecule has 3 N–H and O–H groups in total. The minimum Gasteiger partial charge on any atom is -0.506 e. The number of nitrogens with one attached hydrogen (secondary N) is 1. The molecule has 0 aromatic heterocycles. The maximum atomic E-state index is 13.3. The molecule has 0 radical (unpaired) electrons. The summed E-state index contributed by atoms with van der Waals surface area (Å²) in [6, 6.07) is 27.2. The van der Waals surface area contributed by atoms with E-state index in [0.29, 0.717) is 5.69 Å². The molecule has 0 aliphatic heterocycles. The smallest absolute Gasteiger partial charge is 0.341 e. The maximum absolute atomic E-state index is 13.3. The number of carbonyl (C=O) groups excluding carboxylic acids is 1. The molecular weight excluding hydrogens is 430 g/mol. The number of carbonyl (C=O) groups is 2. The van der Waals surface area contributed by atoms with Crippen molar-refractivity contribution in [2.75, 3.05) is 11.9 Å². The van der Waals surface area contributed by atoms with E-state index in [1.165, 1.54) is 12.1 Å². The molecule has 168 valence electrons. The van der Waals surface area contributed by atoms with Gasteiger partial charge in [0.25, 0.3) is 0 Å². The number of anilines is 2. The molecule has 0 amide bonds. The van der Waals surface area contributed by atoms with Crippen molar-refractivity contribution in [3.8, 4) is 16.9 Å². The molecule has 1 aliphatic carbocycles. The lowest BCUT2D eigenvalue weighted by Crippen LogP contribution is -2.17. The lowest BCUT2D eigenvalue weighted by Gasteiger charge is -2.18. The molecule has 0 unspecified atom stereocenters. The second-order valence-corrected chi connectivity index (χ2v) is 8.00. The van der Waals surface area contributed by atoms with Crippen LogP contribution in [0.1, 0.15) is 37.8 Å². The van der Waals surface area contributed by atoms with Gasteiger partial charge in [-0.1, -0.05) is 66.7 Å². The zero-order valence-electron chi connectivity index (χ0n) is 18.1. The SMILES string of the molecule is O=C(O)c1ccc(O)c(Nc2ccccc2)c1C(=O)OCC1c2ccccc2-c2ccccc21. The van der Waals surface area contributed by atoms with Gasteiger partial charge in [-0.25, -0.2) is 9.59 Å². The highest BCUT2D eigenvalue weighted by molar-refractivity contribution is 6.08. The molecule has 0 bridgehead atoms. The van der Waals surface area contributed by atoms with Crippen molar-refractivity contribution in [3.63, 3.8) is 0 Å². The van der Waals surface area contributed by atoms with Crippen LogP contribution in [0.2, 0.25) is 0 Å². The molecule has 0 heterocycles. The lowest BCUT2D eigenvalue weighted by molar-refractivity contribution is 0.0484. The molecule has 0 saturated heterocycles. The van der Waals surface area contributed by atoms with E-state index in [4.69, 9.17) is 4.74 Å². The summed E-state index contributed by atoms with van der Waals surface area (Å²) < 4.78 is 5.70. The number of benzene rings is 4. The van der Waals surface area contributed by atoms with Gasteiger partial charge in [-0.05, 0) is 46.5 Å². The molecule has 34 heavy (non-hydrogen) atoms. The van der Waals surface area contributed by atoms with Gasteiger partial charge in [0.05, 0.1) is 11.3 Å². The quantitative estimate of drug-likeness (QED) is 0.253. The van der Waals surface area contributed by atoms with Crippen LogP contribution in [0.25, 0.3) is 11.1 Å². The van der Waals surface area contributed by atoms with Gasteiger partial charge in [0.15, 0.2) is 0 Å². The second-order valence-electron chi connectivity index (χ2n) is 8.00. The van der Waals surface area contributed by atoms with E-state index in [9.17, 15) is 19.8 Å². The average molecular weight is 451 g/mol. The van der Waals surface area contributed by atoms with Crippen LogP contribution in [0.15, 0.2) is 91.0 Å². The van der Waals surface area contributed by atoms with Gasteiger partial charge < -0.3 is 20.3 Å². The van der Waals surface area contributed by atoms with E-state index in [2.05, 4.69) is 5.32 Å². The predicted molar refractivity (Wildman–Crippen MR) is 129 cm³/mol. The highest BCUT2D eigenvalue weighted by Gasteiger charge is 2.31. The summed E-state index contributed by atoms with van der Waals surface area (Å²) >= 11 is 0. The summed E-state index contributed by atoms with van der Waals surface area (Å²) in [5.74, 6) is -2.54. The Morgan fingerprint density at radius 2 is 1.38 bits per heavy atom. The molecule has 4 aromatic rings. The Kier molecular flexibility index (Phi) is 5.47. The van der Waals surface area contributed by atoms with Crippen LogP contribution in [-0.2, 0) is 4.74 Å². The average Bonchev–Trinajstić information content (AvgIpc) is 3.18. The van der Waals surface area contributed by atoms with Crippen molar-refractivity contribution < 1.29 is 24.5 Å². The van der Waals surface area contributed by atoms with E-state index >= 15 is 0 Å². The lowest BCUT2D eigenvalue weighted by atomic mass is 9.98. The summed E-state index contributed by atoms with van der Waals surface area (Å²) in [5.41, 5.74) is 4.38. The molecule has 0 spiro atoms. The fourth-order valence-electron chi connectivity index (χ4n) is 4.44. The van der Waals surface area contributed by atoms with Crippen molar-refractivity contribution >= 4 is 23.3 Å². The van der Waals surface area contributed by atoms with Gasteiger partial charge in [0.1, 0.15) is 17.9 Å². The van der Waals surface area contributed by atoms with Gasteiger partial charge >= 0.3 is 11.9 Å². The number of aromatic hydroxyl groups is 1. The van der Waals surface area contributed by atoms with E-state index in [0.717, 1.165) is 22.3 Å². The first-order valence-corrected chi connectivity index (χ1v) is 10.8. The first-order valence-electron chi connectivity index (χ1n) is 10.8. The number of aromatic carboxylic acids is 1. The van der Waals surface area contributed by atoms with Crippen LogP contribution in [0, 0.1) is 0 Å². The molecule has 1 aliphatic rings. The minimum absolute atomic E-state index is 0.0108. The summed E-state index contributed by atoms with van der Waals surface area (Å²) in [7, 11) is 0. The van der Waals surface area contributed by atoms with Crippen molar-refractivity contribution in [2.45, 2.75) is 5.92 Å². The fraction of sp³-hybridized carbons (Fsp3) is 0.0714. The van der Waals surface area contributed by atoms with Crippen molar-refractivity contribution in [2.24, 2.45) is 0 Å². The third kappa shape index (κ3) is 3.75. The molecule has 6 heteroatoms. The van der Waals surface area contributed by atoms with Crippen LogP contribution in [0.3, 0.4) is 0 Å². The largest absolute Gasteiger partial charge is 0.506 e. The molecule has 0 atom stereocenters. The third-order valence-electron chi connectivity index (χ3n) is 6.00. The van der Waals surface area contributed by atoms with Crippen molar-refractivity contribution in [1.29, 1.82) is 0 Å². The van der Waals surface area contributed by atoms with E-state index in [-0.39, 0.29) is 35.1 Å². The van der Waals surface area contributed by atoms with Crippen molar-refractivity contribution in [3.05, 3.63) is 113 Å². The predicted octanol–water partition coefficient (Wildman–Crippen LogP) is 5.80. The van der Waals surface area contributed by atoms with Gasteiger partial charge in [0, 0.05) is 11.6 Å². The number of hydrogen-bond acceptors (Lipinski definition) is 5. The highest BCUT2D eigenvalue weighted by atomic mass is 16.5. The monoisotopic (exact) mass is 451 g/mol. The molecule has 6 nitrogen and oxygen atoms in total. The number of hydrogen-bond donors (Lipinski definition) is 3. The van der Waals surface area contributed by atoms with Gasteiger partial charge in [-0.2, -0.15) is 0 Å². The third-order valence-corrected chi connectivity index (χ3v) is 6.00. The summed E-state index contributed by atoms with van der Waals surface area (Å²) in [6.07, 6.45) is 0. The number of phenolic OH excluding ortho intramolecular Hbond substituents is 1. The first kappa shape index (κ1) is 21.3. The fourth-order valence-corrected chi connectivity index (χ4v) is 4.44. The Hall–Kier alpha value is -4.58. The van der Waals surface area contributed by atoms with Gasteiger partial charge in [0.2, 0.25) is 0 Å². The Labute approximate surface area is 196 Å². The molecule has 5 rings (SSSR count). The Bertz CT molecular complexity index is 1350. The summed E-state index contributed by atoms with van der Waals surface area (Å²) in [4.78, 5) is 25.2. The summed E-state index contributed by atoms with van der Waals surface area (Å²) in [6.45, 7) is 0.0341. The van der Waals surface area contributed by atoms with E-state index in [1.54, 1.807) is 24.3 Å². The number of carboxylic acids is 1. The first-order chi connectivity index (χ1) is 16.5. The Morgan fingerprint density at radius 3 is 2.00 bits per heavy atom. The van der Waals surface area contributed by atoms with Crippen molar-refractivity contribution in [1.82, 2.24) is 0 Å². The number of phenols is 1. The van der Waals surface area contributed by atoms with Crippen LogP contribution >= 0.6 is 0 Å². The standard InChI is InChI=1S/C28H21NO5/c30-24-15-14-22(27(31)32)25(26(24)29-17-8-2-1-3-9-17)28(33)34-16-23-20-12-6-4-10-18(20)19-11-5-7-13-21(19)23/h1-15,23,29-30H,16H2,(H,31,32). The van der Waals surface area contributed by atoms with Gasteiger partial charge in [-0.3, -0.25) is 0 Å². The number of carboxylic acid groups (broad SMARTS) is 1. The maximum Gasteiger partial charge on any atom is 0.341 e. The second kappa shape index (κ2) is 8.75. The highest BCUT2D eigenvalue weighted by Crippen LogP contribution is 2.44. The van der Waals surface area contributed by atoms with Gasteiger partial charge in [-0.15, -0.1) is 0 Å². The minimum atomic E-state index is -1.29. The zero-order chi connectivity index (χ0) is 23.7. The Balaban J connectivity index is 1.49. The van der Waals surface area contributed by atoms with Crippen LogP contribution < -0.4 is 5.32 Å².